The summed E-state index contributed by atoms with van der Waals surface area (Å²) in [4.78, 5) is 17.2. The minimum atomic E-state index is -0.956. The fraction of sp³-hybridized carbons (Fsp3) is 0.692. The van der Waals surface area contributed by atoms with Crippen LogP contribution in [-0.2, 0) is 6.54 Å². The van der Waals surface area contributed by atoms with Gasteiger partial charge in [-0.25, -0.2) is 9.78 Å². The molecule has 1 heterocycles. The van der Waals surface area contributed by atoms with E-state index in [2.05, 4.69) is 42.9 Å². The van der Waals surface area contributed by atoms with Gasteiger partial charge in [-0.3, -0.25) is 4.90 Å². The summed E-state index contributed by atoms with van der Waals surface area (Å²) in [6, 6.07) is 1.05. The van der Waals surface area contributed by atoms with E-state index in [9.17, 15) is 4.79 Å². The minimum Gasteiger partial charge on any atom is -0.476 e. The molecule has 0 radical (unpaired) electrons. The van der Waals surface area contributed by atoms with Gasteiger partial charge in [-0.05, 0) is 27.7 Å². The van der Waals surface area contributed by atoms with Gasteiger partial charge in [0, 0.05) is 37.1 Å². The van der Waals surface area contributed by atoms with Crippen LogP contribution in [0.25, 0.3) is 0 Å². The molecule has 0 bridgehead atoms. The Morgan fingerprint density at radius 3 is 2.53 bits per heavy atom. The van der Waals surface area contributed by atoms with Gasteiger partial charge in [-0.2, -0.15) is 0 Å². The van der Waals surface area contributed by atoms with Crippen LogP contribution in [0.15, 0.2) is 5.38 Å². The molecular weight excluding hydrogens is 262 g/mol. The van der Waals surface area contributed by atoms with Crippen molar-refractivity contribution in [2.45, 2.75) is 46.3 Å². The number of carboxylic acids is 1. The fourth-order valence-electron chi connectivity index (χ4n) is 2.02. The second-order valence-corrected chi connectivity index (χ2v) is 5.91. The summed E-state index contributed by atoms with van der Waals surface area (Å²) in [6.45, 7) is 11.2. The highest BCUT2D eigenvalue weighted by Gasteiger charge is 2.12. The van der Waals surface area contributed by atoms with Gasteiger partial charge in [0.1, 0.15) is 0 Å². The molecule has 108 valence electrons. The smallest absolute Gasteiger partial charge is 0.365 e. The van der Waals surface area contributed by atoms with Crippen molar-refractivity contribution in [1.29, 1.82) is 0 Å². The van der Waals surface area contributed by atoms with Crippen molar-refractivity contribution in [2.24, 2.45) is 0 Å². The maximum atomic E-state index is 10.7. The highest BCUT2D eigenvalue weighted by atomic mass is 32.1. The average molecular weight is 285 g/mol. The van der Waals surface area contributed by atoms with Crippen molar-refractivity contribution in [3.05, 3.63) is 16.1 Å². The highest BCUT2D eigenvalue weighted by Crippen LogP contribution is 2.09. The summed E-state index contributed by atoms with van der Waals surface area (Å²) in [5.41, 5.74) is 0.794. The molecule has 0 atom stereocenters. The number of rotatable bonds is 8. The first-order chi connectivity index (χ1) is 8.91. The Balaban J connectivity index is 2.31. The van der Waals surface area contributed by atoms with E-state index in [1.54, 1.807) is 5.38 Å². The third kappa shape index (κ3) is 5.26. The molecule has 1 rings (SSSR count). The second kappa shape index (κ2) is 7.57. The molecule has 0 aromatic carbocycles. The number of carbonyl (C=O) groups is 1. The standard InChI is InChI=1S/C13H23N3O2S/c1-9(2)16(10(3)4)6-5-14-7-11-8-19-12(15-11)13(17)18/h8-10,14H,5-7H2,1-4H3,(H,17,18). The van der Waals surface area contributed by atoms with Crippen molar-refractivity contribution in [3.8, 4) is 0 Å². The molecular formula is C13H23N3O2S. The third-order valence-corrected chi connectivity index (χ3v) is 3.79. The van der Waals surface area contributed by atoms with Gasteiger partial charge in [-0.1, -0.05) is 0 Å². The minimum absolute atomic E-state index is 0.155. The number of aromatic carboxylic acids is 1. The van der Waals surface area contributed by atoms with E-state index in [0.29, 0.717) is 18.6 Å². The SMILES string of the molecule is CC(C)N(CCNCc1csc(C(=O)O)n1)C(C)C. The maximum absolute atomic E-state index is 10.7. The van der Waals surface area contributed by atoms with E-state index in [1.807, 2.05) is 0 Å². The van der Waals surface area contributed by atoms with Crippen LogP contribution in [0.2, 0.25) is 0 Å². The van der Waals surface area contributed by atoms with Crippen LogP contribution in [0.3, 0.4) is 0 Å². The van der Waals surface area contributed by atoms with Gasteiger partial charge in [0.15, 0.2) is 0 Å². The summed E-state index contributed by atoms with van der Waals surface area (Å²) < 4.78 is 0. The number of hydrogen-bond donors (Lipinski definition) is 2. The Bertz CT molecular complexity index is 396. The average Bonchev–Trinajstić information content (AvgIpc) is 2.76. The fourth-order valence-corrected chi connectivity index (χ4v) is 2.68. The van der Waals surface area contributed by atoms with Crippen LogP contribution >= 0.6 is 11.3 Å². The predicted octanol–water partition coefficient (Wildman–Crippen LogP) is 2.05. The van der Waals surface area contributed by atoms with Crippen molar-refractivity contribution < 1.29 is 9.90 Å². The second-order valence-electron chi connectivity index (χ2n) is 5.05. The molecule has 0 fully saturated rings. The van der Waals surface area contributed by atoms with E-state index in [1.165, 1.54) is 11.3 Å². The third-order valence-electron chi connectivity index (χ3n) is 2.91. The number of carboxylic acid groups (broad SMARTS) is 1. The monoisotopic (exact) mass is 285 g/mol. The van der Waals surface area contributed by atoms with Crippen LogP contribution in [0.4, 0.5) is 0 Å². The first-order valence-electron chi connectivity index (χ1n) is 6.56. The number of hydrogen-bond acceptors (Lipinski definition) is 5. The van der Waals surface area contributed by atoms with Gasteiger partial charge in [-0.15, -0.1) is 11.3 Å². The van der Waals surface area contributed by atoms with Crippen molar-refractivity contribution >= 4 is 17.3 Å². The summed E-state index contributed by atoms with van der Waals surface area (Å²) in [5, 5.41) is 14.0. The van der Waals surface area contributed by atoms with Crippen LogP contribution in [0, 0.1) is 0 Å². The van der Waals surface area contributed by atoms with E-state index < -0.39 is 5.97 Å². The number of nitrogens with one attached hydrogen (secondary N) is 1. The molecule has 0 saturated heterocycles. The Morgan fingerprint density at radius 1 is 1.42 bits per heavy atom. The maximum Gasteiger partial charge on any atom is 0.365 e. The lowest BCUT2D eigenvalue weighted by Gasteiger charge is -2.30. The van der Waals surface area contributed by atoms with E-state index in [-0.39, 0.29) is 5.01 Å². The molecule has 0 unspecified atom stereocenters. The zero-order valence-corrected chi connectivity index (χ0v) is 12.8. The normalized spacial score (nSPS) is 11.7. The van der Waals surface area contributed by atoms with E-state index in [0.717, 1.165) is 18.8 Å². The number of aromatic nitrogens is 1. The number of thiazole rings is 1. The highest BCUT2D eigenvalue weighted by molar-refractivity contribution is 7.11. The summed E-state index contributed by atoms with van der Waals surface area (Å²) in [6.07, 6.45) is 0. The van der Waals surface area contributed by atoms with Gasteiger partial charge in [0.05, 0.1) is 5.69 Å². The van der Waals surface area contributed by atoms with Crippen LogP contribution in [0.5, 0.6) is 0 Å². The van der Waals surface area contributed by atoms with Crippen LogP contribution < -0.4 is 5.32 Å². The van der Waals surface area contributed by atoms with Gasteiger partial charge >= 0.3 is 5.97 Å². The zero-order valence-electron chi connectivity index (χ0n) is 12.0. The molecule has 0 saturated carbocycles. The Hall–Kier alpha value is -0.980. The van der Waals surface area contributed by atoms with Crippen LogP contribution in [0.1, 0.15) is 43.2 Å². The molecule has 0 amide bonds. The van der Waals surface area contributed by atoms with Gasteiger partial charge < -0.3 is 10.4 Å². The molecule has 5 nitrogen and oxygen atoms in total. The first-order valence-corrected chi connectivity index (χ1v) is 7.44. The summed E-state index contributed by atoms with van der Waals surface area (Å²) in [5.74, 6) is -0.956. The Labute approximate surface area is 118 Å². The largest absolute Gasteiger partial charge is 0.476 e. The molecule has 0 aliphatic heterocycles. The summed E-state index contributed by atoms with van der Waals surface area (Å²) in [7, 11) is 0. The number of nitrogens with zero attached hydrogens (tertiary/aromatic N) is 2. The van der Waals surface area contributed by atoms with Crippen LogP contribution in [-0.4, -0.2) is 46.1 Å². The lowest BCUT2D eigenvalue weighted by atomic mass is 10.2. The van der Waals surface area contributed by atoms with E-state index in [4.69, 9.17) is 5.11 Å². The molecule has 6 heteroatoms. The lowest BCUT2D eigenvalue weighted by molar-refractivity contribution is 0.0696. The zero-order chi connectivity index (χ0) is 14.4. The van der Waals surface area contributed by atoms with Crippen molar-refractivity contribution in [1.82, 2.24) is 15.2 Å². The summed E-state index contributed by atoms with van der Waals surface area (Å²) >= 11 is 1.17. The predicted molar refractivity (Wildman–Crippen MR) is 77.8 cm³/mol. The molecule has 1 aromatic heterocycles. The topological polar surface area (TPSA) is 65.5 Å². The lowest BCUT2D eigenvalue weighted by Crippen LogP contribution is -2.41. The molecule has 2 N–H and O–H groups in total. The quantitative estimate of drug-likeness (QED) is 0.716. The Morgan fingerprint density at radius 2 is 2.05 bits per heavy atom. The molecule has 0 aliphatic rings. The van der Waals surface area contributed by atoms with Gasteiger partial charge in [0.25, 0.3) is 0 Å². The Kier molecular flexibility index (Phi) is 6.41. The molecule has 0 spiro atoms. The van der Waals surface area contributed by atoms with E-state index >= 15 is 0 Å². The molecule has 0 aliphatic carbocycles. The van der Waals surface area contributed by atoms with Gasteiger partial charge in [0.2, 0.25) is 5.01 Å². The first kappa shape index (κ1) is 16.1. The molecule has 19 heavy (non-hydrogen) atoms. The molecule has 1 aromatic rings. The van der Waals surface area contributed by atoms with Crippen molar-refractivity contribution in [2.75, 3.05) is 13.1 Å². The van der Waals surface area contributed by atoms with Crippen molar-refractivity contribution in [3.63, 3.8) is 0 Å².